The molecule has 1 aliphatic rings. The predicted molar refractivity (Wildman–Crippen MR) is 70.9 cm³/mol. The van der Waals surface area contributed by atoms with E-state index in [-0.39, 0.29) is 11.3 Å². The first kappa shape index (κ1) is 12.6. The predicted octanol–water partition coefficient (Wildman–Crippen LogP) is 2.01. The number of fused-ring (bicyclic) bond motifs is 1. The molecule has 0 fully saturated rings. The maximum atomic E-state index is 12.3. The molecular formula is C13H20N2OS. The van der Waals surface area contributed by atoms with E-state index in [0.29, 0.717) is 0 Å². The van der Waals surface area contributed by atoms with Gasteiger partial charge < -0.3 is 10.6 Å². The van der Waals surface area contributed by atoms with Crippen LogP contribution in [0.5, 0.6) is 0 Å². The first-order valence-electron chi connectivity index (χ1n) is 5.99. The highest BCUT2D eigenvalue weighted by molar-refractivity contribution is 7.10. The lowest BCUT2D eigenvalue weighted by molar-refractivity contribution is -0.135. The fourth-order valence-electron chi connectivity index (χ4n) is 2.00. The van der Waals surface area contributed by atoms with Crippen LogP contribution >= 0.6 is 11.3 Å². The van der Waals surface area contributed by atoms with Crippen LogP contribution in [0.4, 0.5) is 0 Å². The van der Waals surface area contributed by atoms with Gasteiger partial charge in [0, 0.05) is 18.0 Å². The van der Waals surface area contributed by atoms with Crippen molar-refractivity contribution in [1.29, 1.82) is 0 Å². The third-order valence-electron chi connectivity index (χ3n) is 3.32. The third-order valence-corrected chi connectivity index (χ3v) is 4.34. The van der Waals surface area contributed by atoms with E-state index in [9.17, 15) is 4.79 Å². The summed E-state index contributed by atoms with van der Waals surface area (Å²) in [6.07, 6.45) is 0.968. The van der Waals surface area contributed by atoms with Gasteiger partial charge in [-0.1, -0.05) is 20.8 Å². The topological polar surface area (TPSA) is 46.3 Å². The van der Waals surface area contributed by atoms with Crippen molar-refractivity contribution >= 4 is 17.2 Å². The second-order valence-electron chi connectivity index (χ2n) is 5.72. The van der Waals surface area contributed by atoms with Crippen LogP contribution in [0.1, 0.15) is 31.2 Å². The minimum atomic E-state index is -0.414. The number of carbonyl (C=O) groups is 1. The molecule has 2 N–H and O–H groups in total. The molecule has 2 heterocycles. The molecule has 0 aromatic carbocycles. The van der Waals surface area contributed by atoms with Gasteiger partial charge in [0.15, 0.2) is 0 Å². The van der Waals surface area contributed by atoms with Gasteiger partial charge in [0.1, 0.15) is 0 Å². The third kappa shape index (κ3) is 2.53. The zero-order valence-electron chi connectivity index (χ0n) is 10.7. The molecule has 94 valence electrons. The van der Waals surface area contributed by atoms with Crippen molar-refractivity contribution in [2.45, 2.75) is 39.8 Å². The molecule has 0 spiro atoms. The molecule has 0 aliphatic carbocycles. The summed E-state index contributed by atoms with van der Waals surface area (Å²) >= 11 is 1.78. The van der Waals surface area contributed by atoms with E-state index < -0.39 is 6.04 Å². The standard InChI is InChI=1S/C13H20N2OS/c1-13(2,3)11(14)12(16)15-6-4-10-9(8-15)5-7-17-10/h5,7,11H,4,6,8,14H2,1-3H3. The molecule has 0 radical (unpaired) electrons. The zero-order chi connectivity index (χ0) is 12.6. The second-order valence-corrected chi connectivity index (χ2v) is 6.72. The zero-order valence-corrected chi connectivity index (χ0v) is 11.5. The lowest BCUT2D eigenvalue weighted by Gasteiger charge is -2.34. The number of hydrogen-bond acceptors (Lipinski definition) is 3. The summed E-state index contributed by atoms with van der Waals surface area (Å²) in [5.74, 6) is 0.0781. The van der Waals surface area contributed by atoms with Crippen LogP contribution in [-0.4, -0.2) is 23.4 Å². The van der Waals surface area contributed by atoms with E-state index in [0.717, 1.165) is 19.5 Å². The summed E-state index contributed by atoms with van der Waals surface area (Å²) in [6.45, 7) is 7.55. The Morgan fingerprint density at radius 2 is 2.24 bits per heavy atom. The fourth-order valence-corrected chi connectivity index (χ4v) is 2.89. The fraction of sp³-hybridized carbons (Fsp3) is 0.615. The van der Waals surface area contributed by atoms with Gasteiger partial charge in [0.2, 0.25) is 5.91 Å². The van der Waals surface area contributed by atoms with Crippen molar-refractivity contribution in [1.82, 2.24) is 4.90 Å². The smallest absolute Gasteiger partial charge is 0.240 e. The van der Waals surface area contributed by atoms with E-state index in [2.05, 4.69) is 11.4 Å². The van der Waals surface area contributed by atoms with Gasteiger partial charge in [0.05, 0.1) is 6.04 Å². The molecule has 0 saturated heterocycles. The normalized spacial score (nSPS) is 17.8. The highest BCUT2D eigenvalue weighted by Crippen LogP contribution is 2.26. The Kier molecular flexibility index (Phi) is 3.27. The van der Waals surface area contributed by atoms with Crippen LogP contribution in [0.2, 0.25) is 0 Å². The second kappa shape index (κ2) is 4.42. The molecule has 17 heavy (non-hydrogen) atoms. The Labute approximate surface area is 107 Å². The van der Waals surface area contributed by atoms with Crippen molar-refractivity contribution in [2.75, 3.05) is 6.54 Å². The van der Waals surface area contributed by atoms with E-state index in [4.69, 9.17) is 5.73 Å². The van der Waals surface area contributed by atoms with Gasteiger partial charge in [0.25, 0.3) is 0 Å². The maximum Gasteiger partial charge on any atom is 0.240 e. The largest absolute Gasteiger partial charge is 0.337 e. The summed E-state index contributed by atoms with van der Waals surface area (Å²) in [7, 11) is 0. The number of nitrogens with two attached hydrogens (primary N) is 1. The van der Waals surface area contributed by atoms with Crippen LogP contribution < -0.4 is 5.73 Å². The maximum absolute atomic E-state index is 12.3. The molecule has 1 aromatic rings. The highest BCUT2D eigenvalue weighted by Gasteiger charge is 2.32. The van der Waals surface area contributed by atoms with Crippen LogP contribution in [-0.2, 0) is 17.8 Å². The Morgan fingerprint density at radius 3 is 2.88 bits per heavy atom. The summed E-state index contributed by atoms with van der Waals surface area (Å²) in [5, 5.41) is 2.10. The van der Waals surface area contributed by atoms with Gasteiger partial charge in [-0.05, 0) is 28.8 Å². The summed E-state index contributed by atoms with van der Waals surface area (Å²) in [5.41, 5.74) is 7.14. The molecule has 1 aromatic heterocycles. The van der Waals surface area contributed by atoms with Gasteiger partial charge in [-0.25, -0.2) is 0 Å². The number of nitrogens with zero attached hydrogens (tertiary/aromatic N) is 1. The monoisotopic (exact) mass is 252 g/mol. The lowest BCUT2D eigenvalue weighted by atomic mass is 9.86. The molecule has 1 atom stereocenters. The first-order valence-corrected chi connectivity index (χ1v) is 6.87. The number of rotatable bonds is 1. The quantitative estimate of drug-likeness (QED) is 0.831. The van der Waals surface area contributed by atoms with Crippen LogP contribution in [0.3, 0.4) is 0 Å². The Morgan fingerprint density at radius 1 is 1.53 bits per heavy atom. The summed E-state index contributed by atoms with van der Waals surface area (Å²) < 4.78 is 0. The highest BCUT2D eigenvalue weighted by atomic mass is 32.1. The van der Waals surface area contributed by atoms with Gasteiger partial charge >= 0.3 is 0 Å². The number of amides is 1. The molecule has 1 unspecified atom stereocenters. The van der Waals surface area contributed by atoms with Crippen molar-refractivity contribution in [3.63, 3.8) is 0 Å². The van der Waals surface area contributed by atoms with Crippen molar-refractivity contribution in [3.05, 3.63) is 21.9 Å². The van der Waals surface area contributed by atoms with Crippen molar-refractivity contribution in [2.24, 2.45) is 11.1 Å². The Hall–Kier alpha value is -0.870. The summed E-state index contributed by atoms with van der Waals surface area (Å²) in [6, 6.07) is 1.70. The number of hydrogen-bond donors (Lipinski definition) is 1. The molecule has 2 rings (SSSR count). The number of carbonyl (C=O) groups excluding carboxylic acids is 1. The van der Waals surface area contributed by atoms with E-state index >= 15 is 0 Å². The molecular weight excluding hydrogens is 232 g/mol. The van der Waals surface area contributed by atoms with Crippen LogP contribution in [0, 0.1) is 5.41 Å². The molecule has 0 saturated carbocycles. The minimum Gasteiger partial charge on any atom is -0.337 e. The van der Waals surface area contributed by atoms with E-state index in [1.54, 1.807) is 11.3 Å². The molecule has 1 aliphatic heterocycles. The average molecular weight is 252 g/mol. The summed E-state index contributed by atoms with van der Waals surface area (Å²) in [4.78, 5) is 15.6. The van der Waals surface area contributed by atoms with Crippen LogP contribution in [0.25, 0.3) is 0 Å². The Balaban J connectivity index is 2.09. The first-order chi connectivity index (χ1) is 7.89. The molecule has 3 nitrogen and oxygen atoms in total. The van der Waals surface area contributed by atoms with Crippen LogP contribution in [0.15, 0.2) is 11.4 Å². The molecule has 0 bridgehead atoms. The number of thiophene rings is 1. The van der Waals surface area contributed by atoms with E-state index in [1.165, 1.54) is 10.4 Å². The molecule has 4 heteroatoms. The minimum absolute atomic E-state index is 0.0781. The van der Waals surface area contributed by atoms with Gasteiger partial charge in [-0.3, -0.25) is 4.79 Å². The van der Waals surface area contributed by atoms with Gasteiger partial charge in [-0.2, -0.15) is 0 Å². The molecule has 1 amide bonds. The van der Waals surface area contributed by atoms with E-state index in [1.807, 2.05) is 25.7 Å². The van der Waals surface area contributed by atoms with Crippen molar-refractivity contribution in [3.8, 4) is 0 Å². The SMILES string of the molecule is CC(C)(C)C(N)C(=O)N1CCc2sccc2C1. The lowest BCUT2D eigenvalue weighted by Crippen LogP contribution is -2.51. The Bertz CT molecular complexity index is 419. The average Bonchev–Trinajstić information content (AvgIpc) is 2.72. The van der Waals surface area contributed by atoms with Crippen molar-refractivity contribution < 1.29 is 4.79 Å². The van der Waals surface area contributed by atoms with Gasteiger partial charge in [-0.15, -0.1) is 11.3 Å².